The topological polar surface area (TPSA) is 111 Å². The lowest BCUT2D eigenvalue weighted by atomic mass is 9.75. The standard InChI is InChI=1S/C26H31N3O3/c1-3-32-25(31)19-7-5-16-4-6-18(12-20(16)13-19)22-14-21(27)24(23(15-30)29-22)17-8-10-26(2,28)11-9-17/h4-7,12-14,17,30H,3,8-11,15,28H2,1-2H3,(H2,27,29). The number of aliphatic hydroxyl groups excluding tert-OH is 1. The lowest BCUT2D eigenvalue weighted by Gasteiger charge is -2.35. The van der Waals surface area contributed by atoms with Crippen molar-refractivity contribution in [2.45, 2.75) is 57.6 Å². The summed E-state index contributed by atoms with van der Waals surface area (Å²) in [6.07, 6.45) is 3.74. The summed E-state index contributed by atoms with van der Waals surface area (Å²) < 4.78 is 5.12. The van der Waals surface area contributed by atoms with Crippen LogP contribution in [0.5, 0.6) is 0 Å². The van der Waals surface area contributed by atoms with Crippen LogP contribution in [0.15, 0.2) is 42.5 Å². The van der Waals surface area contributed by atoms with E-state index in [4.69, 9.17) is 21.2 Å². The number of anilines is 1. The molecule has 6 heteroatoms. The Morgan fingerprint density at radius 2 is 1.88 bits per heavy atom. The molecule has 0 amide bonds. The van der Waals surface area contributed by atoms with Gasteiger partial charge in [-0.15, -0.1) is 0 Å². The van der Waals surface area contributed by atoms with Gasteiger partial charge in [0.15, 0.2) is 0 Å². The summed E-state index contributed by atoms with van der Waals surface area (Å²) >= 11 is 0. The molecule has 5 N–H and O–H groups in total. The zero-order valence-electron chi connectivity index (χ0n) is 18.7. The minimum absolute atomic E-state index is 0.133. The second kappa shape index (κ2) is 8.88. The van der Waals surface area contributed by atoms with Crippen LogP contribution in [0, 0.1) is 0 Å². The molecule has 1 fully saturated rings. The van der Waals surface area contributed by atoms with Crippen LogP contribution in [0.25, 0.3) is 22.0 Å². The first-order chi connectivity index (χ1) is 15.3. The van der Waals surface area contributed by atoms with E-state index in [9.17, 15) is 9.90 Å². The maximum absolute atomic E-state index is 12.1. The quantitative estimate of drug-likeness (QED) is 0.510. The Labute approximate surface area is 188 Å². The fourth-order valence-corrected chi connectivity index (χ4v) is 4.68. The van der Waals surface area contributed by atoms with Crippen molar-refractivity contribution in [2.75, 3.05) is 12.3 Å². The van der Waals surface area contributed by atoms with Crippen molar-refractivity contribution in [3.63, 3.8) is 0 Å². The van der Waals surface area contributed by atoms with Crippen LogP contribution in [0.4, 0.5) is 5.69 Å². The van der Waals surface area contributed by atoms with Gasteiger partial charge in [0.25, 0.3) is 0 Å². The third-order valence-electron chi connectivity index (χ3n) is 6.50. The monoisotopic (exact) mass is 433 g/mol. The molecular weight excluding hydrogens is 402 g/mol. The number of pyridine rings is 1. The van der Waals surface area contributed by atoms with E-state index in [1.807, 2.05) is 36.4 Å². The fourth-order valence-electron chi connectivity index (χ4n) is 4.68. The Bertz CT molecular complexity index is 1150. The Balaban J connectivity index is 1.70. The lowest BCUT2D eigenvalue weighted by molar-refractivity contribution is 0.0526. The molecule has 0 unspecified atom stereocenters. The maximum atomic E-state index is 12.1. The average molecular weight is 434 g/mol. The molecule has 3 aromatic rings. The number of nitrogens with two attached hydrogens (primary N) is 2. The predicted octanol–water partition coefficient (Wildman–Crippen LogP) is 4.53. The Morgan fingerprint density at radius 3 is 2.56 bits per heavy atom. The Kier molecular flexibility index (Phi) is 6.17. The smallest absolute Gasteiger partial charge is 0.338 e. The molecule has 0 radical (unpaired) electrons. The average Bonchev–Trinajstić information content (AvgIpc) is 2.78. The number of benzene rings is 2. The van der Waals surface area contributed by atoms with Gasteiger partial charge in [0.2, 0.25) is 0 Å². The Hall–Kier alpha value is -2.96. The molecule has 2 aromatic carbocycles. The van der Waals surface area contributed by atoms with E-state index in [0.717, 1.165) is 47.6 Å². The highest BCUT2D eigenvalue weighted by atomic mass is 16.5. The molecule has 0 aliphatic heterocycles. The number of carbonyl (C=O) groups excluding carboxylic acids is 1. The predicted molar refractivity (Wildman–Crippen MR) is 127 cm³/mol. The summed E-state index contributed by atoms with van der Waals surface area (Å²) in [5.41, 5.74) is 17.0. The van der Waals surface area contributed by atoms with Crippen LogP contribution in [0.1, 0.15) is 67.1 Å². The van der Waals surface area contributed by atoms with E-state index >= 15 is 0 Å². The molecule has 1 heterocycles. The number of fused-ring (bicyclic) bond motifs is 1. The van der Waals surface area contributed by atoms with Crippen molar-refractivity contribution >= 4 is 22.4 Å². The molecule has 1 aromatic heterocycles. The minimum Gasteiger partial charge on any atom is -0.462 e. The van der Waals surface area contributed by atoms with Crippen molar-refractivity contribution in [1.82, 2.24) is 4.98 Å². The van der Waals surface area contributed by atoms with Crippen molar-refractivity contribution in [2.24, 2.45) is 5.73 Å². The summed E-state index contributed by atoms with van der Waals surface area (Å²) in [4.78, 5) is 16.9. The number of nitrogen functional groups attached to an aromatic ring is 1. The lowest BCUT2D eigenvalue weighted by Crippen LogP contribution is -2.39. The van der Waals surface area contributed by atoms with E-state index in [-0.39, 0.29) is 24.0 Å². The number of hydrogen-bond acceptors (Lipinski definition) is 6. The highest BCUT2D eigenvalue weighted by Gasteiger charge is 2.30. The van der Waals surface area contributed by atoms with E-state index in [2.05, 4.69) is 6.92 Å². The minimum atomic E-state index is -0.338. The molecule has 1 aliphatic rings. The van der Waals surface area contributed by atoms with Gasteiger partial charge in [-0.3, -0.25) is 0 Å². The summed E-state index contributed by atoms with van der Waals surface area (Å²) in [5, 5.41) is 12.0. The highest BCUT2D eigenvalue weighted by Crippen LogP contribution is 2.41. The molecule has 4 rings (SSSR count). The molecule has 0 saturated heterocycles. The molecule has 0 spiro atoms. The number of rotatable bonds is 5. The van der Waals surface area contributed by atoms with Crippen LogP contribution >= 0.6 is 0 Å². The summed E-state index contributed by atoms with van der Waals surface area (Å²) in [6.45, 7) is 4.05. The van der Waals surface area contributed by atoms with Gasteiger partial charge in [0.05, 0.1) is 30.2 Å². The van der Waals surface area contributed by atoms with Crippen LogP contribution in [-0.2, 0) is 11.3 Å². The number of ether oxygens (including phenoxy) is 1. The number of carbonyl (C=O) groups is 1. The first-order valence-electron chi connectivity index (χ1n) is 11.2. The summed E-state index contributed by atoms with van der Waals surface area (Å²) in [6, 6.07) is 13.4. The second-order valence-corrected chi connectivity index (χ2v) is 9.04. The van der Waals surface area contributed by atoms with E-state index in [0.29, 0.717) is 29.2 Å². The summed E-state index contributed by atoms with van der Waals surface area (Å²) in [5.74, 6) is -0.0748. The summed E-state index contributed by atoms with van der Waals surface area (Å²) in [7, 11) is 0. The van der Waals surface area contributed by atoms with Gasteiger partial charge in [-0.2, -0.15) is 0 Å². The van der Waals surface area contributed by atoms with Crippen molar-refractivity contribution < 1.29 is 14.6 Å². The number of hydrogen-bond donors (Lipinski definition) is 3. The van der Waals surface area contributed by atoms with Gasteiger partial charge in [0, 0.05) is 22.4 Å². The van der Waals surface area contributed by atoms with Crippen molar-refractivity contribution in [3.8, 4) is 11.3 Å². The largest absolute Gasteiger partial charge is 0.462 e. The fraction of sp³-hybridized carbons (Fsp3) is 0.385. The van der Waals surface area contributed by atoms with Gasteiger partial charge in [0.1, 0.15) is 0 Å². The van der Waals surface area contributed by atoms with Gasteiger partial charge >= 0.3 is 5.97 Å². The third kappa shape index (κ3) is 4.47. The third-order valence-corrected chi connectivity index (χ3v) is 6.50. The molecule has 168 valence electrons. The van der Waals surface area contributed by atoms with Gasteiger partial charge in [-0.25, -0.2) is 9.78 Å². The molecule has 1 aliphatic carbocycles. The number of aliphatic hydroxyl groups is 1. The highest BCUT2D eigenvalue weighted by molar-refractivity contribution is 5.96. The Morgan fingerprint density at radius 1 is 1.16 bits per heavy atom. The molecule has 1 saturated carbocycles. The number of nitrogens with zero attached hydrogens (tertiary/aromatic N) is 1. The van der Waals surface area contributed by atoms with Crippen LogP contribution in [0.3, 0.4) is 0 Å². The molecule has 0 atom stereocenters. The second-order valence-electron chi connectivity index (χ2n) is 9.04. The van der Waals surface area contributed by atoms with E-state index in [1.54, 1.807) is 13.0 Å². The normalized spacial score (nSPS) is 20.9. The van der Waals surface area contributed by atoms with E-state index < -0.39 is 0 Å². The molecule has 32 heavy (non-hydrogen) atoms. The first-order valence-corrected chi connectivity index (χ1v) is 11.2. The van der Waals surface area contributed by atoms with Crippen LogP contribution < -0.4 is 11.5 Å². The number of esters is 1. The van der Waals surface area contributed by atoms with E-state index in [1.165, 1.54) is 0 Å². The zero-order chi connectivity index (χ0) is 22.9. The SMILES string of the molecule is CCOC(=O)c1ccc2ccc(-c3cc(N)c(C4CCC(C)(N)CC4)c(CO)n3)cc2c1. The van der Waals surface area contributed by atoms with Crippen LogP contribution in [-0.4, -0.2) is 28.2 Å². The molecular formula is C26H31N3O3. The van der Waals surface area contributed by atoms with Gasteiger partial charge in [-0.05, 0) is 80.5 Å². The molecule has 0 bridgehead atoms. The zero-order valence-corrected chi connectivity index (χ0v) is 18.7. The van der Waals surface area contributed by atoms with Crippen molar-refractivity contribution in [3.05, 3.63) is 59.3 Å². The van der Waals surface area contributed by atoms with Crippen molar-refractivity contribution in [1.29, 1.82) is 0 Å². The number of aromatic nitrogens is 1. The van der Waals surface area contributed by atoms with Gasteiger partial charge in [-0.1, -0.05) is 18.2 Å². The van der Waals surface area contributed by atoms with Crippen LogP contribution in [0.2, 0.25) is 0 Å². The maximum Gasteiger partial charge on any atom is 0.338 e. The first kappa shape index (κ1) is 22.2. The van der Waals surface area contributed by atoms with Gasteiger partial charge < -0.3 is 21.3 Å². The molecule has 6 nitrogen and oxygen atoms in total.